The number of ether oxygens (including phenoxy) is 1. The molecule has 0 fully saturated rings. The highest BCUT2D eigenvalue weighted by molar-refractivity contribution is 8.03. The Labute approximate surface area is 159 Å². The fraction of sp³-hybridized carbons (Fsp3) is 0.167. The molecule has 2 rings (SSSR count). The molecule has 0 aliphatic carbocycles. The predicted molar refractivity (Wildman–Crippen MR) is 97.7 cm³/mol. The molecule has 8 heteroatoms. The molecule has 1 amide bonds. The van der Waals surface area contributed by atoms with Gasteiger partial charge in [0.05, 0.1) is 5.56 Å². The molecule has 0 saturated carbocycles. The average molecular weight is 393 g/mol. The van der Waals surface area contributed by atoms with Crippen molar-refractivity contribution >= 4 is 40.9 Å². The molecule has 0 saturated heterocycles. The van der Waals surface area contributed by atoms with Crippen molar-refractivity contribution in [1.82, 2.24) is 0 Å². The fourth-order valence-corrected chi connectivity index (χ4v) is 3.01. The number of benzene rings is 2. The number of esters is 1. The number of amides is 1. The summed E-state index contributed by atoms with van der Waals surface area (Å²) in [5, 5.41) is 13.5. The molecule has 26 heavy (non-hydrogen) atoms. The zero-order chi connectivity index (χ0) is 19.3. The van der Waals surface area contributed by atoms with E-state index in [0.29, 0.717) is 5.69 Å². The number of thiocyanates is 1. The van der Waals surface area contributed by atoms with E-state index in [-0.39, 0.29) is 10.6 Å². The molecule has 0 atom stereocenters. The van der Waals surface area contributed by atoms with Gasteiger partial charge >= 0.3 is 5.97 Å². The van der Waals surface area contributed by atoms with E-state index in [1.165, 1.54) is 12.1 Å². The van der Waals surface area contributed by atoms with Crippen LogP contribution in [-0.4, -0.2) is 18.5 Å². The van der Waals surface area contributed by atoms with Gasteiger partial charge in [0.1, 0.15) is 11.2 Å². The van der Waals surface area contributed by atoms with Gasteiger partial charge in [0, 0.05) is 15.6 Å². The lowest BCUT2D eigenvalue weighted by Crippen LogP contribution is -2.22. The van der Waals surface area contributed by atoms with E-state index in [9.17, 15) is 14.0 Å². The summed E-state index contributed by atoms with van der Waals surface area (Å²) < 4.78 is 18.5. The number of nitrogens with one attached hydrogen (secondary N) is 1. The van der Waals surface area contributed by atoms with Gasteiger partial charge in [-0.3, -0.25) is 4.79 Å². The molecule has 2 aromatic rings. The highest BCUT2D eigenvalue weighted by atomic mass is 35.5. The Bertz CT molecular complexity index is 889. The molecule has 0 heterocycles. The zero-order valence-corrected chi connectivity index (χ0v) is 15.5. The molecule has 0 radical (unpaired) electrons. The Kier molecular flexibility index (Phi) is 6.61. The lowest BCUT2D eigenvalue weighted by molar-refractivity contribution is -0.119. The van der Waals surface area contributed by atoms with Crippen LogP contribution in [0.5, 0.6) is 0 Å². The first-order chi connectivity index (χ1) is 12.3. The number of hydrogen-bond donors (Lipinski definition) is 1. The Morgan fingerprint density at radius 1 is 1.27 bits per heavy atom. The van der Waals surface area contributed by atoms with E-state index in [0.717, 1.165) is 33.9 Å². The van der Waals surface area contributed by atoms with Crippen LogP contribution in [0.1, 0.15) is 21.5 Å². The van der Waals surface area contributed by atoms with Gasteiger partial charge < -0.3 is 10.1 Å². The third-order valence-corrected chi connectivity index (χ3v) is 4.22. The Hall–Kier alpha value is -2.56. The van der Waals surface area contributed by atoms with Crippen LogP contribution in [0.2, 0.25) is 5.02 Å². The van der Waals surface area contributed by atoms with Crippen LogP contribution >= 0.6 is 23.4 Å². The lowest BCUT2D eigenvalue weighted by atomic mass is 10.1. The zero-order valence-electron chi connectivity index (χ0n) is 13.9. The van der Waals surface area contributed by atoms with Crippen LogP contribution in [0.3, 0.4) is 0 Å². The van der Waals surface area contributed by atoms with Gasteiger partial charge in [-0.2, -0.15) is 5.26 Å². The largest absolute Gasteiger partial charge is 0.452 e. The summed E-state index contributed by atoms with van der Waals surface area (Å²) >= 11 is 6.65. The number of halogens is 2. The van der Waals surface area contributed by atoms with Gasteiger partial charge in [-0.15, -0.1) is 0 Å². The maximum absolute atomic E-state index is 13.7. The maximum Gasteiger partial charge on any atom is 0.341 e. The molecule has 0 bridgehead atoms. The normalized spacial score (nSPS) is 10.1. The van der Waals surface area contributed by atoms with Crippen LogP contribution in [0.4, 0.5) is 10.1 Å². The summed E-state index contributed by atoms with van der Waals surface area (Å²) in [6.07, 6.45) is 0. The molecule has 134 valence electrons. The van der Waals surface area contributed by atoms with Gasteiger partial charge in [0.15, 0.2) is 6.61 Å². The van der Waals surface area contributed by atoms with E-state index >= 15 is 0 Å². The van der Waals surface area contributed by atoms with Gasteiger partial charge in [-0.25, -0.2) is 9.18 Å². The van der Waals surface area contributed by atoms with Crippen LogP contribution in [0, 0.1) is 30.3 Å². The van der Waals surface area contributed by atoms with Crippen LogP contribution < -0.4 is 5.32 Å². The van der Waals surface area contributed by atoms with Crippen molar-refractivity contribution in [3.05, 3.63) is 57.9 Å². The summed E-state index contributed by atoms with van der Waals surface area (Å²) in [6.45, 7) is 3.02. The Balaban J connectivity index is 2.01. The molecule has 0 unspecified atom stereocenters. The van der Waals surface area contributed by atoms with Gasteiger partial charge in [0.2, 0.25) is 0 Å². The van der Waals surface area contributed by atoms with E-state index < -0.39 is 24.3 Å². The average Bonchev–Trinajstić information content (AvgIpc) is 2.56. The van der Waals surface area contributed by atoms with E-state index in [1.807, 2.05) is 5.40 Å². The highest BCUT2D eigenvalue weighted by Crippen LogP contribution is 2.27. The lowest BCUT2D eigenvalue weighted by Gasteiger charge is -2.13. The number of nitriles is 1. The molecular formula is C18H14ClFN2O3S. The SMILES string of the molecule is Cc1cc(SC#N)cc(C)c1NC(=O)COC(=O)c1ccc(Cl)cc1F. The summed E-state index contributed by atoms with van der Waals surface area (Å²) in [6, 6.07) is 7.08. The van der Waals surface area contributed by atoms with Crippen molar-refractivity contribution in [3.63, 3.8) is 0 Å². The maximum atomic E-state index is 13.7. The van der Waals surface area contributed by atoms with Crippen molar-refractivity contribution in [2.45, 2.75) is 18.7 Å². The Morgan fingerprint density at radius 3 is 2.50 bits per heavy atom. The monoisotopic (exact) mass is 392 g/mol. The first-order valence-corrected chi connectivity index (χ1v) is 8.60. The van der Waals surface area contributed by atoms with Crippen LogP contribution in [0.15, 0.2) is 35.2 Å². The molecule has 0 spiro atoms. The second-order valence-corrected chi connectivity index (χ2v) is 6.67. The number of rotatable bonds is 5. The molecule has 0 aliphatic rings. The van der Waals surface area contributed by atoms with Crippen molar-refractivity contribution in [2.24, 2.45) is 0 Å². The summed E-state index contributed by atoms with van der Waals surface area (Å²) in [5.41, 5.74) is 1.82. The summed E-state index contributed by atoms with van der Waals surface area (Å²) in [5.74, 6) is -2.33. The van der Waals surface area contributed by atoms with Crippen molar-refractivity contribution in [3.8, 4) is 5.40 Å². The number of carbonyl (C=O) groups excluding carboxylic acids is 2. The molecule has 1 N–H and O–H groups in total. The molecule has 2 aromatic carbocycles. The third kappa shape index (κ3) is 4.97. The minimum absolute atomic E-state index is 0.153. The minimum Gasteiger partial charge on any atom is -0.452 e. The predicted octanol–water partition coefficient (Wildman–Crippen LogP) is 4.46. The van der Waals surface area contributed by atoms with Crippen molar-refractivity contribution < 1.29 is 18.7 Å². The smallest absolute Gasteiger partial charge is 0.341 e. The number of anilines is 1. The van der Waals surface area contributed by atoms with Gasteiger partial charge in [0.25, 0.3) is 5.91 Å². The highest BCUT2D eigenvalue weighted by Gasteiger charge is 2.16. The van der Waals surface area contributed by atoms with Crippen LogP contribution in [0.25, 0.3) is 0 Å². The quantitative estimate of drug-likeness (QED) is 0.461. The van der Waals surface area contributed by atoms with Crippen molar-refractivity contribution in [2.75, 3.05) is 11.9 Å². The van der Waals surface area contributed by atoms with Crippen molar-refractivity contribution in [1.29, 1.82) is 5.26 Å². The first kappa shape index (κ1) is 19.8. The standard InChI is InChI=1S/C18H14ClFN2O3S/c1-10-5-13(26-9-21)6-11(2)17(10)22-16(23)8-25-18(24)14-4-3-12(19)7-15(14)20/h3-7H,8H2,1-2H3,(H,22,23). The number of carbonyl (C=O) groups is 2. The van der Waals surface area contributed by atoms with Gasteiger partial charge in [-0.1, -0.05) is 11.6 Å². The fourth-order valence-electron chi connectivity index (χ4n) is 2.27. The Morgan fingerprint density at radius 2 is 1.92 bits per heavy atom. The molecule has 5 nitrogen and oxygen atoms in total. The van der Waals surface area contributed by atoms with Crippen LogP contribution in [-0.2, 0) is 9.53 Å². The second-order valence-electron chi connectivity index (χ2n) is 5.37. The third-order valence-electron chi connectivity index (χ3n) is 3.42. The number of aryl methyl sites for hydroxylation is 2. The molecule has 0 aliphatic heterocycles. The number of thioether (sulfide) groups is 1. The first-order valence-electron chi connectivity index (χ1n) is 7.41. The molecule has 0 aromatic heterocycles. The summed E-state index contributed by atoms with van der Waals surface area (Å²) in [4.78, 5) is 24.7. The number of hydrogen-bond acceptors (Lipinski definition) is 5. The molecular weight excluding hydrogens is 379 g/mol. The van der Waals surface area contributed by atoms with Gasteiger partial charge in [-0.05, 0) is 67.1 Å². The van der Waals surface area contributed by atoms with E-state index in [2.05, 4.69) is 5.32 Å². The minimum atomic E-state index is -0.955. The number of nitrogens with zero attached hydrogens (tertiary/aromatic N) is 1. The topological polar surface area (TPSA) is 79.2 Å². The summed E-state index contributed by atoms with van der Waals surface area (Å²) in [7, 11) is 0. The van der Waals surface area contributed by atoms with E-state index in [4.69, 9.17) is 21.6 Å². The second kappa shape index (κ2) is 8.70. The van der Waals surface area contributed by atoms with E-state index in [1.54, 1.807) is 26.0 Å².